The smallest absolute Gasteiger partial charge is 0.250 e. The monoisotopic (exact) mass is 347 g/mol. The largest absolute Gasteiger partial charge is 0.309 e. The minimum absolute atomic E-state index is 0.00270. The number of benzene rings is 2. The molecule has 1 aliphatic rings. The van der Waals surface area contributed by atoms with E-state index >= 15 is 0 Å². The van der Waals surface area contributed by atoms with E-state index in [2.05, 4.69) is 56.0 Å². The Morgan fingerprint density at radius 1 is 1.00 bits per heavy atom. The van der Waals surface area contributed by atoms with Crippen LogP contribution in [0.3, 0.4) is 0 Å². The summed E-state index contributed by atoms with van der Waals surface area (Å²) in [6, 6.07) is 14.9. The summed E-state index contributed by atoms with van der Waals surface area (Å²) >= 11 is 0. The standard InChI is InChI=1S/C24H29NO/c1-3-5-6-7-8-11-17-25(24(26)4-2)23-16-12-15-21-20-14-10-9-13-19(20)18-22(21)23/h4,9-10,12-16H,2-3,5-8,11,17-18H2,1H3. The van der Waals surface area contributed by atoms with Gasteiger partial charge in [-0.1, -0.05) is 82.0 Å². The number of carbonyl (C=O) groups excluding carboxylic acids is 1. The lowest BCUT2D eigenvalue weighted by atomic mass is 10.0. The lowest BCUT2D eigenvalue weighted by molar-refractivity contribution is -0.114. The Kier molecular flexibility index (Phi) is 6.27. The van der Waals surface area contributed by atoms with Crippen molar-refractivity contribution < 1.29 is 4.79 Å². The van der Waals surface area contributed by atoms with E-state index in [4.69, 9.17) is 0 Å². The Morgan fingerprint density at radius 2 is 1.73 bits per heavy atom. The van der Waals surface area contributed by atoms with Gasteiger partial charge < -0.3 is 4.90 Å². The highest BCUT2D eigenvalue weighted by Crippen LogP contribution is 2.41. The maximum atomic E-state index is 12.6. The highest BCUT2D eigenvalue weighted by atomic mass is 16.2. The topological polar surface area (TPSA) is 20.3 Å². The number of fused-ring (bicyclic) bond motifs is 3. The molecule has 0 saturated heterocycles. The summed E-state index contributed by atoms with van der Waals surface area (Å²) in [5.41, 5.74) is 6.24. The molecule has 2 aromatic rings. The van der Waals surface area contributed by atoms with Crippen LogP contribution in [-0.2, 0) is 11.2 Å². The first kappa shape index (κ1) is 18.4. The number of unbranched alkanes of at least 4 members (excludes halogenated alkanes) is 5. The molecule has 0 bridgehead atoms. The van der Waals surface area contributed by atoms with E-state index in [1.54, 1.807) is 0 Å². The van der Waals surface area contributed by atoms with Crippen LogP contribution >= 0.6 is 0 Å². The van der Waals surface area contributed by atoms with Gasteiger partial charge in [0, 0.05) is 18.7 Å². The molecule has 2 nitrogen and oxygen atoms in total. The summed E-state index contributed by atoms with van der Waals surface area (Å²) in [7, 11) is 0. The Hall–Kier alpha value is -2.35. The second-order valence-electron chi connectivity index (χ2n) is 7.10. The van der Waals surface area contributed by atoms with E-state index in [0.29, 0.717) is 0 Å². The Morgan fingerprint density at radius 3 is 2.54 bits per heavy atom. The molecule has 0 heterocycles. The Balaban J connectivity index is 1.78. The molecule has 0 radical (unpaired) electrons. The van der Waals surface area contributed by atoms with Gasteiger partial charge in [0.25, 0.3) is 0 Å². The van der Waals surface area contributed by atoms with E-state index in [1.807, 2.05) is 4.90 Å². The molecule has 136 valence electrons. The van der Waals surface area contributed by atoms with E-state index in [9.17, 15) is 4.79 Å². The van der Waals surface area contributed by atoms with Gasteiger partial charge in [0.1, 0.15) is 0 Å². The van der Waals surface area contributed by atoms with Gasteiger partial charge in [0.05, 0.1) is 0 Å². The quantitative estimate of drug-likeness (QED) is 0.336. The zero-order valence-electron chi connectivity index (χ0n) is 15.8. The summed E-state index contributed by atoms with van der Waals surface area (Å²) in [6.07, 6.45) is 9.68. The number of hydrogen-bond acceptors (Lipinski definition) is 1. The molecule has 0 aliphatic heterocycles. The molecule has 1 aliphatic carbocycles. The minimum Gasteiger partial charge on any atom is -0.309 e. The highest BCUT2D eigenvalue weighted by molar-refractivity contribution is 6.02. The average Bonchev–Trinajstić information content (AvgIpc) is 3.06. The summed E-state index contributed by atoms with van der Waals surface area (Å²) in [5, 5.41) is 0. The van der Waals surface area contributed by atoms with Crippen LogP contribution in [0.5, 0.6) is 0 Å². The molecule has 26 heavy (non-hydrogen) atoms. The molecule has 0 N–H and O–H groups in total. The predicted molar refractivity (Wildman–Crippen MR) is 111 cm³/mol. The minimum atomic E-state index is 0.00270. The van der Waals surface area contributed by atoms with Gasteiger partial charge >= 0.3 is 0 Å². The number of hydrogen-bond donors (Lipinski definition) is 0. The molecule has 0 spiro atoms. The van der Waals surface area contributed by atoms with Gasteiger partial charge in [-0.3, -0.25) is 4.79 Å². The maximum Gasteiger partial charge on any atom is 0.250 e. The van der Waals surface area contributed by atoms with Crippen LogP contribution in [-0.4, -0.2) is 12.5 Å². The van der Waals surface area contributed by atoms with Gasteiger partial charge in [-0.25, -0.2) is 0 Å². The van der Waals surface area contributed by atoms with E-state index < -0.39 is 0 Å². The molecule has 1 amide bonds. The molecule has 0 aromatic heterocycles. The summed E-state index contributed by atoms with van der Waals surface area (Å²) in [5.74, 6) is 0.00270. The summed E-state index contributed by atoms with van der Waals surface area (Å²) < 4.78 is 0. The third kappa shape index (κ3) is 3.90. The van der Waals surface area contributed by atoms with Gasteiger partial charge in [-0.05, 0) is 40.8 Å². The fourth-order valence-electron chi connectivity index (χ4n) is 3.90. The molecule has 0 unspecified atom stereocenters. The molecular formula is C24H29NO. The zero-order valence-corrected chi connectivity index (χ0v) is 15.8. The lowest BCUT2D eigenvalue weighted by Gasteiger charge is -2.24. The van der Waals surface area contributed by atoms with Gasteiger partial charge in [-0.15, -0.1) is 0 Å². The molecule has 2 heteroatoms. The first-order valence-corrected chi connectivity index (χ1v) is 9.90. The summed E-state index contributed by atoms with van der Waals surface area (Å²) in [4.78, 5) is 14.5. The van der Waals surface area contributed by atoms with Crippen molar-refractivity contribution in [3.63, 3.8) is 0 Å². The van der Waals surface area contributed by atoms with Crippen molar-refractivity contribution in [2.75, 3.05) is 11.4 Å². The highest BCUT2D eigenvalue weighted by Gasteiger charge is 2.24. The lowest BCUT2D eigenvalue weighted by Crippen LogP contribution is -2.31. The molecule has 0 atom stereocenters. The fourth-order valence-corrected chi connectivity index (χ4v) is 3.90. The molecule has 0 saturated carbocycles. The predicted octanol–water partition coefficient (Wildman–Crippen LogP) is 6.14. The third-order valence-electron chi connectivity index (χ3n) is 5.29. The molecule has 2 aromatic carbocycles. The van der Waals surface area contributed by atoms with Crippen molar-refractivity contribution in [1.82, 2.24) is 0 Å². The third-order valence-corrected chi connectivity index (χ3v) is 5.29. The maximum absolute atomic E-state index is 12.6. The van der Waals surface area contributed by atoms with Crippen LogP contribution in [0.1, 0.15) is 56.6 Å². The van der Waals surface area contributed by atoms with Crippen molar-refractivity contribution in [3.8, 4) is 11.1 Å². The van der Waals surface area contributed by atoms with Crippen LogP contribution in [0, 0.1) is 0 Å². The van der Waals surface area contributed by atoms with Gasteiger partial charge in [0.15, 0.2) is 0 Å². The number of amides is 1. The average molecular weight is 348 g/mol. The second-order valence-corrected chi connectivity index (χ2v) is 7.10. The number of rotatable bonds is 9. The fraction of sp³-hybridized carbons (Fsp3) is 0.375. The van der Waals surface area contributed by atoms with Crippen molar-refractivity contribution in [2.45, 2.75) is 51.9 Å². The van der Waals surface area contributed by atoms with E-state index in [1.165, 1.54) is 60.4 Å². The van der Waals surface area contributed by atoms with Gasteiger partial charge in [0.2, 0.25) is 5.91 Å². The molecule has 0 fully saturated rings. The first-order valence-electron chi connectivity index (χ1n) is 9.90. The van der Waals surface area contributed by atoms with Crippen molar-refractivity contribution in [3.05, 3.63) is 66.2 Å². The Labute approximate surface area is 157 Å². The molecular weight excluding hydrogens is 318 g/mol. The number of anilines is 1. The summed E-state index contributed by atoms with van der Waals surface area (Å²) in [6.45, 7) is 6.72. The van der Waals surface area contributed by atoms with Crippen LogP contribution in [0.25, 0.3) is 11.1 Å². The zero-order chi connectivity index (χ0) is 18.4. The Bertz CT molecular complexity index is 778. The molecule has 3 rings (SSSR count). The van der Waals surface area contributed by atoms with Crippen molar-refractivity contribution in [2.24, 2.45) is 0 Å². The van der Waals surface area contributed by atoms with Crippen molar-refractivity contribution >= 4 is 11.6 Å². The number of carbonyl (C=O) groups is 1. The van der Waals surface area contributed by atoms with Gasteiger partial charge in [-0.2, -0.15) is 0 Å². The number of nitrogens with zero attached hydrogens (tertiary/aromatic N) is 1. The van der Waals surface area contributed by atoms with Crippen molar-refractivity contribution in [1.29, 1.82) is 0 Å². The normalized spacial score (nSPS) is 11.7. The van der Waals surface area contributed by atoms with Crippen LogP contribution in [0.4, 0.5) is 5.69 Å². The van der Waals surface area contributed by atoms with E-state index in [0.717, 1.165) is 25.1 Å². The second kappa shape index (κ2) is 8.84. The van der Waals surface area contributed by atoms with Crippen LogP contribution < -0.4 is 4.90 Å². The van der Waals surface area contributed by atoms with E-state index in [-0.39, 0.29) is 5.91 Å². The van der Waals surface area contributed by atoms with Crippen LogP contribution in [0.15, 0.2) is 55.1 Å². The SMILES string of the molecule is C=CC(=O)N(CCCCCCCC)c1cccc2c1Cc1ccccc1-2. The van der Waals surface area contributed by atoms with Crippen LogP contribution in [0.2, 0.25) is 0 Å². The first-order chi connectivity index (χ1) is 12.8.